The van der Waals surface area contributed by atoms with Crippen molar-refractivity contribution in [1.82, 2.24) is 14.2 Å². The number of hydrogen-bond donors (Lipinski definition) is 1. The largest absolute Gasteiger partial charge is 0.497 e. The second kappa shape index (κ2) is 20.6. The molecule has 3 saturated heterocycles. The van der Waals surface area contributed by atoms with Crippen molar-refractivity contribution in [2.45, 2.75) is 81.6 Å². The maximum absolute atomic E-state index is 17.7. The van der Waals surface area contributed by atoms with Gasteiger partial charge in [0.1, 0.15) is 43.2 Å². The number of nitrogens with zero attached hydrogens (tertiary/aromatic N) is 3. The molecule has 9 rings (SSSR count). The van der Waals surface area contributed by atoms with E-state index in [1.165, 1.54) is 22.6 Å². The molecule has 6 aromatic rings. The van der Waals surface area contributed by atoms with Gasteiger partial charge in [-0.05, 0) is 65.9 Å². The molecule has 354 valence electrons. The van der Waals surface area contributed by atoms with Crippen LogP contribution in [-0.4, -0.2) is 86.1 Å². The Balaban J connectivity index is 1.08. The Labute approximate surface area is 399 Å². The third kappa shape index (κ3) is 9.43. The molecule has 0 unspecified atom stereocenters. The Bertz CT molecular complexity index is 2600. The normalized spacial score (nSPS) is 22.8. The van der Waals surface area contributed by atoms with E-state index >= 15 is 4.39 Å². The number of hydrogen-bond acceptors (Lipinski definition) is 10. The smallest absolute Gasteiger partial charge is 0.351 e. The van der Waals surface area contributed by atoms with Gasteiger partial charge in [-0.25, -0.2) is 13.9 Å². The molecule has 0 radical (unpaired) electrons. The van der Waals surface area contributed by atoms with E-state index in [1.807, 2.05) is 91.0 Å². The number of fused-ring (bicyclic) bond motifs is 1. The third-order valence-corrected chi connectivity index (χ3v) is 19.8. The lowest BCUT2D eigenvalue weighted by atomic mass is 9.80. The van der Waals surface area contributed by atoms with Crippen LogP contribution < -0.4 is 30.9 Å². The highest BCUT2D eigenvalue weighted by molar-refractivity contribution is 7.45. The van der Waals surface area contributed by atoms with Crippen molar-refractivity contribution >= 4 is 38.7 Å². The predicted octanol–water partition coefficient (Wildman–Crippen LogP) is 8.47. The first-order valence-electron chi connectivity index (χ1n) is 23.2. The van der Waals surface area contributed by atoms with Gasteiger partial charge in [0.25, 0.3) is 8.53 Å². The fourth-order valence-corrected chi connectivity index (χ4v) is 15.8. The van der Waals surface area contributed by atoms with Gasteiger partial charge in [0.2, 0.25) is 5.91 Å². The first kappa shape index (κ1) is 47.5. The number of halogens is 1. The van der Waals surface area contributed by atoms with Gasteiger partial charge in [-0.1, -0.05) is 146 Å². The molecule has 1 aromatic heterocycles. The van der Waals surface area contributed by atoms with E-state index in [2.05, 4.69) is 70.0 Å². The van der Waals surface area contributed by atoms with Crippen molar-refractivity contribution in [3.05, 3.63) is 179 Å². The Kier molecular flexibility index (Phi) is 14.4. The van der Waals surface area contributed by atoms with Gasteiger partial charge < -0.3 is 33.3 Å². The average Bonchev–Trinajstić information content (AvgIpc) is 4.08. The van der Waals surface area contributed by atoms with E-state index in [9.17, 15) is 9.59 Å². The second-order valence-electron chi connectivity index (χ2n) is 18.1. The number of alkyl halides is 1. The second-order valence-corrected chi connectivity index (χ2v) is 23.7. The number of methoxy groups -OCH3 is 2. The van der Waals surface area contributed by atoms with Gasteiger partial charge in [-0.15, -0.1) is 0 Å². The Morgan fingerprint density at radius 1 is 0.824 bits per heavy atom. The first-order valence-corrected chi connectivity index (χ1v) is 27.1. The highest BCUT2D eigenvalue weighted by Crippen LogP contribution is 2.59. The van der Waals surface area contributed by atoms with Crippen LogP contribution >= 0.6 is 8.53 Å². The van der Waals surface area contributed by atoms with E-state index in [-0.39, 0.29) is 36.4 Å². The minimum absolute atomic E-state index is 0.0631. The van der Waals surface area contributed by atoms with E-state index in [1.54, 1.807) is 28.1 Å². The van der Waals surface area contributed by atoms with E-state index in [0.29, 0.717) is 11.5 Å². The fraction of sp³-hybridized carbons (Fsp3) is 0.340. The van der Waals surface area contributed by atoms with Crippen LogP contribution in [0, 0.1) is 5.92 Å². The number of carbonyl (C=O) groups excluding carboxylic acids is 1. The molecular weight excluding hydrogens is 899 g/mol. The zero-order valence-electron chi connectivity index (χ0n) is 38.9. The molecule has 0 spiro atoms. The van der Waals surface area contributed by atoms with Crippen LogP contribution in [0.5, 0.6) is 11.5 Å². The highest BCUT2D eigenvalue weighted by atomic mass is 31.2. The lowest BCUT2D eigenvalue weighted by Gasteiger charge is -2.37. The lowest BCUT2D eigenvalue weighted by Crippen LogP contribution is -2.58. The molecule has 12 nitrogen and oxygen atoms in total. The Morgan fingerprint density at radius 3 is 1.93 bits per heavy atom. The molecule has 15 heteroatoms. The number of rotatable bonds is 17. The number of amides is 1. The topological polar surface area (TPSA) is 123 Å². The van der Waals surface area contributed by atoms with Gasteiger partial charge in [0, 0.05) is 24.7 Å². The van der Waals surface area contributed by atoms with Gasteiger partial charge >= 0.3 is 5.69 Å². The third-order valence-electron chi connectivity index (χ3n) is 13.6. The van der Waals surface area contributed by atoms with E-state index in [0.717, 1.165) is 46.7 Å². The molecule has 1 N–H and O–H groups in total. The minimum Gasteiger partial charge on any atom is -0.497 e. The molecule has 68 heavy (non-hydrogen) atoms. The molecule has 0 aliphatic carbocycles. The van der Waals surface area contributed by atoms with Crippen molar-refractivity contribution in [3.8, 4) is 11.5 Å². The van der Waals surface area contributed by atoms with Crippen LogP contribution in [0.15, 0.2) is 157 Å². The SMILES string of the molecule is COc1ccc(C(OC[C@H]2O[C@@H](n3ccc(NC(=O)C(C)C)nc3=O)[C@H](F)[C@@H]2O[P@@]2O[C@@H](C[Si](C)(c3ccccc3)c3ccccc3)[C@H]3CCCN32)(c2ccccc2)c2ccc(OC)cc2)cc1. The summed E-state index contributed by atoms with van der Waals surface area (Å²) < 4.78 is 60.2. The number of aromatic nitrogens is 2. The summed E-state index contributed by atoms with van der Waals surface area (Å²) in [5.41, 5.74) is 0.342. The van der Waals surface area contributed by atoms with Crippen molar-refractivity contribution in [3.63, 3.8) is 0 Å². The van der Waals surface area contributed by atoms with Crippen LogP contribution in [-0.2, 0) is 28.9 Å². The zero-order chi connectivity index (χ0) is 47.4. The quantitative estimate of drug-likeness (QED) is 0.0542. The number of ether oxygens (including phenoxy) is 4. The molecular formula is C53H58FN4O8PSi. The van der Waals surface area contributed by atoms with Crippen molar-refractivity contribution in [2.24, 2.45) is 5.92 Å². The number of benzene rings is 5. The molecule has 4 heterocycles. The van der Waals surface area contributed by atoms with E-state index < -0.39 is 52.5 Å². The molecule has 3 aliphatic heterocycles. The minimum atomic E-state index is -2.36. The van der Waals surface area contributed by atoms with Gasteiger partial charge in [-0.2, -0.15) is 4.98 Å². The maximum atomic E-state index is 17.7. The first-order chi connectivity index (χ1) is 33.0. The summed E-state index contributed by atoms with van der Waals surface area (Å²) in [5, 5.41) is 5.29. The number of carbonyl (C=O) groups is 1. The average molecular weight is 957 g/mol. The maximum Gasteiger partial charge on any atom is 0.351 e. The summed E-state index contributed by atoms with van der Waals surface area (Å²) in [5.74, 6) is 0.760. The summed E-state index contributed by atoms with van der Waals surface area (Å²) in [7, 11) is -0.898. The summed E-state index contributed by atoms with van der Waals surface area (Å²) in [6.07, 6.45) is -2.44. The molecule has 0 saturated carbocycles. The monoisotopic (exact) mass is 956 g/mol. The van der Waals surface area contributed by atoms with Crippen molar-refractivity contribution in [2.75, 3.05) is 32.7 Å². The Morgan fingerprint density at radius 2 is 1.38 bits per heavy atom. The molecule has 3 aliphatic rings. The number of nitrogens with one attached hydrogen (secondary N) is 1. The predicted molar refractivity (Wildman–Crippen MR) is 264 cm³/mol. The molecule has 5 aromatic carbocycles. The van der Waals surface area contributed by atoms with E-state index in [4.69, 9.17) is 28.0 Å². The molecule has 7 atom stereocenters. The summed E-state index contributed by atoms with van der Waals surface area (Å²) >= 11 is 0. The van der Waals surface area contributed by atoms with Crippen LogP contribution in [0.4, 0.5) is 10.2 Å². The van der Waals surface area contributed by atoms with Crippen molar-refractivity contribution < 1.29 is 37.2 Å². The van der Waals surface area contributed by atoms with Gasteiger partial charge in [0.05, 0.1) is 26.9 Å². The Hall–Kier alpha value is -5.57. The van der Waals surface area contributed by atoms with Gasteiger partial charge in [-0.3, -0.25) is 9.36 Å². The number of anilines is 1. The molecule has 1 amide bonds. The summed E-state index contributed by atoms with van der Waals surface area (Å²) in [6.45, 7) is 6.46. The van der Waals surface area contributed by atoms with Crippen LogP contribution in [0.25, 0.3) is 0 Å². The van der Waals surface area contributed by atoms with Gasteiger partial charge in [0.15, 0.2) is 12.4 Å². The fourth-order valence-electron chi connectivity index (χ4n) is 9.79. The highest BCUT2D eigenvalue weighted by Gasteiger charge is 2.55. The molecule has 0 bridgehead atoms. The van der Waals surface area contributed by atoms with Crippen molar-refractivity contribution in [1.29, 1.82) is 0 Å². The summed E-state index contributed by atoms with van der Waals surface area (Å²) in [4.78, 5) is 30.4. The zero-order valence-corrected chi connectivity index (χ0v) is 40.8. The molecule has 3 fully saturated rings. The van der Waals surface area contributed by atoms with Crippen LogP contribution in [0.3, 0.4) is 0 Å². The standard InChI is InChI=1S/C53H58FN4O8PSi/c1-36(2)50(59)55-47-31-33-57(52(60)56-47)51-48(54)49(66-67-58-32-15-22-44(58)46(65-67)35-68(5,42-18-11-7-12-19-42)43-20-13-8-14-21-43)45(64-51)34-63-53(37-16-9-6-10-17-37,38-23-27-40(61-3)28-24-38)39-25-29-41(62-4)30-26-39/h6-14,16-21,23-31,33,36,44-46,48-49,51H,15,22,32,34-35H2,1-5H3,(H,55,56,59,60)/t44-,45-,46+,48-,49-,51-,67-/m1/s1. The summed E-state index contributed by atoms with van der Waals surface area (Å²) in [6, 6.07) is 48.9. The van der Waals surface area contributed by atoms with Crippen LogP contribution in [0.2, 0.25) is 12.6 Å². The van der Waals surface area contributed by atoms with Crippen LogP contribution in [0.1, 0.15) is 49.6 Å². The lowest BCUT2D eigenvalue weighted by molar-refractivity contribution is -0.118.